The third kappa shape index (κ3) is 9.60. The molecule has 19 heteroatoms. The predicted octanol–water partition coefficient (Wildman–Crippen LogP) is 4.45. The van der Waals surface area contributed by atoms with Crippen LogP contribution >= 0.6 is 18.2 Å². The molecular weight excluding hydrogens is 832 g/mol. The van der Waals surface area contributed by atoms with Crippen molar-refractivity contribution in [2.24, 2.45) is 0 Å². The lowest BCUT2D eigenvalue weighted by Crippen LogP contribution is -2.37. The summed E-state index contributed by atoms with van der Waals surface area (Å²) in [6, 6.07) is 26.6. The SMILES string of the molecule is COc1ccc(C(OC[C@H]2O[C@@H](n3cc(C)c(=O)[nH]c3=O)C[C@@H]2SP(=O)(O)OC[C@H]2O[C@@H](n3cc(C)c(=O)[nH]c3=O)C[C@@H]2OC(C)=O)(c2ccccc2)c2ccccc2)cc1. The van der Waals surface area contributed by atoms with E-state index in [0.29, 0.717) is 17.1 Å². The van der Waals surface area contributed by atoms with E-state index >= 15 is 0 Å². The first kappa shape index (κ1) is 43.7. The summed E-state index contributed by atoms with van der Waals surface area (Å²) in [5.41, 5.74) is -1.01. The van der Waals surface area contributed by atoms with Gasteiger partial charge in [-0.25, -0.2) is 14.2 Å². The number of nitrogens with one attached hydrogen (secondary N) is 2. The highest BCUT2D eigenvalue weighted by Gasteiger charge is 2.46. The predicted molar refractivity (Wildman–Crippen MR) is 224 cm³/mol. The Hall–Kier alpha value is -5.33. The normalized spacial score (nSPS) is 22.4. The van der Waals surface area contributed by atoms with Gasteiger partial charge in [0, 0.05) is 48.5 Å². The van der Waals surface area contributed by atoms with Crippen molar-refractivity contribution in [2.45, 2.75) is 75.2 Å². The van der Waals surface area contributed by atoms with Gasteiger partial charge in [-0.05, 0) is 54.1 Å². The standard InChI is InChI=1S/C42H45N4O13PS/c1-25-21-45(40(50)43-38(25)48)36-19-32(57-27(3)47)33(58-36)24-56-60(52,53)61-35-20-37(46-22-26(2)39(49)44-41(46)51)59-34(35)23-55-42(28-11-7-5-8-12-28,29-13-9-6-10-14-29)30-15-17-31(54-4)18-16-30/h5-18,21-22,32-37H,19-20,23-24H2,1-4H3,(H,52,53)(H,43,48,50)(H,44,49,51)/t32-,33+,34+,35-,36+,37+/m0/s1. The number of benzene rings is 3. The first-order chi connectivity index (χ1) is 29.2. The minimum Gasteiger partial charge on any atom is -0.497 e. The maximum Gasteiger partial charge on any atom is 0.387 e. The Morgan fingerprint density at radius 2 is 1.30 bits per heavy atom. The fourth-order valence-electron chi connectivity index (χ4n) is 7.59. The summed E-state index contributed by atoms with van der Waals surface area (Å²) in [6.07, 6.45) is -2.24. The van der Waals surface area contributed by atoms with Gasteiger partial charge in [-0.1, -0.05) is 72.8 Å². The van der Waals surface area contributed by atoms with Gasteiger partial charge in [0.15, 0.2) is 0 Å². The summed E-state index contributed by atoms with van der Waals surface area (Å²) < 4.78 is 52.6. The summed E-state index contributed by atoms with van der Waals surface area (Å²) in [6.45, 7) is -1.04. The van der Waals surface area contributed by atoms with E-state index in [1.807, 2.05) is 84.9 Å². The van der Waals surface area contributed by atoms with Crippen molar-refractivity contribution < 1.29 is 42.5 Å². The van der Waals surface area contributed by atoms with Gasteiger partial charge in [0.25, 0.3) is 11.1 Å². The molecule has 7 atom stereocenters. The zero-order valence-electron chi connectivity index (χ0n) is 33.6. The van der Waals surface area contributed by atoms with Crippen molar-refractivity contribution in [1.29, 1.82) is 0 Å². The lowest BCUT2D eigenvalue weighted by atomic mass is 9.80. The van der Waals surface area contributed by atoms with Gasteiger partial charge in [-0.2, -0.15) is 0 Å². The third-order valence-electron chi connectivity index (χ3n) is 10.6. The second kappa shape index (κ2) is 18.3. The van der Waals surface area contributed by atoms with Gasteiger partial charge in [-0.3, -0.25) is 38.0 Å². The fourth-order valence-corrected chi connectivity index (χ4v) is 10.9. The summed E-state index contributed by atoms with van der Waals surface area (Å²) in [5.74, 6) is -0.0112. The van der Waals surface area contributed by atoms with Gasteiger partial charge in [-0.15, -0.1) is 0 Å². The number of nitrogens with zero attached hydrogens (tertiary/aromatic N) is 2. The summed E-state index contributed by atoms with van der Waals surface area (Å²) >= 11 is 0.596. The molecule has 2 aromatic heterocycles. The van der Waals surface area contributed by atoms with Crippen molar-refractivity contribution in [3.63, 3.8) is 0 Å². The molecule has 0 radical (unpaired) electrons. The lowest BCUT2D eigenvalue weighted by Gasteiger charge is -2.37. The maximum atomic E-state index is 14.0. The molecule has 3 aromatic carbocycles. The number of aromatic amines is 2. The van der Waals surface area contributed by atoms with Crippen LogP contribution in [0.3, 0.4) is 0 Å². The number of H-pyrrole nitrogens is 2. The molecule has 7 rings (SSSR count). The van der Waals surface area contributed by atoms with E-state index in [2.05, 4.69) is 9.97 Å². The van der Waals surface area contributed by atoms with Crippen LogP contribution in [0.1, 0.15) is 60.0 Å². The van der Waals surface area contributed by atoms with Crippen molar-refractivity contribution in [2.75, 3.05) is 20.3 Å². The zero-order chi connectivity index (χ0) is 43.5. The zero-order valence-corrected chi connectivity index (χ0v) is 35.3. The molecule has 4 heterocycles. The topological polar surface area (TPSA) is 219 Å². The van der Waals surface area contributed by atoms with Crippen LogP contribution in [0, 0.1) is 13.8 Å². The molecule has 17 nitrogen and oxygen atoms in total. The van der Waals surface area contributed by atoms with E-state index in [-0.39, 0.29) is 30.6 Å². The molecule has 0 saturated carbocycles. The highest BCUT2D eigenvalue weighted by Crippen LogP contribution is 2.61. The van der Waals surface area contributed by atoms with Crippen LogP contribution in [0.25, 0.3) is 0 Å². The number of hydrogen-bond donors (Lipinski definition) is 3. The first-order valence-electron chi connectivity index (χ1n) is 19.3. The van der Waals surface area contributed by atoms with Crippen molar-refractivity contribution >= 4 is 24.1 Å². The molecule has 0 aliphatic carbocycles. The Morgan fingerprint density at radius 3 is 1.82 bits per heavy atom. The van der Waals surface area contributed by atoms with E-state index in [1.54, 1.807) is 14.0 Å². The smallest absolute Gasteiger partial charge is 0.387 e. The van der Waals surface area contributed by atoms with Crippen molar-refractivity contribution in [3.05, 3.63) is 167 Å². The Morgan fingerprint density at radius 1 is 0.787 bits per heavy atom. The molecule has 2 aliphatic rings. The Labute approximate surface area is 352 Å². The number of carbonyl (C=O) groups is 1. The van der Waals surface area contributed by atoms with Gasteiger partial charge in [0.2, 0.25) is 0 Å². The molecule has 322 valence electrons. The summed E-state index contributed by atoms with van der Waals surface area (Å²) in [5, 5.41) is -0.829. The van der Waals surface area contributed by atoms with Crippen LogP contribution in [-0.4, -0.2) is 73.9 Å². The number of aromatic nitrogens is 4. The molecule has 0 spiro atoms. The van der Waals surface area contributed by atoms with E-state index in [1.165, 1.54) is 30.8 Å². The number of esters is 1. The van der Waals surface area contributed by atoms with E-state index < -0.39 is 83.5 Å². The van der Waals surface area contributed by atoms with Crippen LogP contribution in [0.2, 0.25) is 0 Å². The van der Waals surface area contributed by atoms with Crippen LogP contribution in [0.4, 0.5) is 0 Å². The number of ether oxygens (including phenoxy) is 5. The number of rotatable bonds is 15. The molecule has 0 amide bonds. The molecular formula is C42H45N4O13PS. The molecule has 61 heavy (non-hydrogen) atoms. The van der Waals surface area contributed by atoms with Gasteiger partial charge in [0.1, 0.15) is 36.0 Å². The molecule has 5 aromatic rings. The molecule has 2 fully saturated rings. The average Bonchev–Trinajstić information content (AvgIpc) is 3.83. The second-order valence-corrected chi connectivity index (χ2v) is 18.7. The van der Waals surface area contributed by atoms with Crippen LogP contribution in [0.5, 0.6) is 5.75 Å². The monoisotopic (exact) mass is 876 g/mol. The van der Waals surface area contributed by atoms with Crippen LogP contribution in [-0.2, 0) is 38.4 Å². The van der Waals surface area contributed by atoms with Gasteiger partial charge < -0.3 is 28.6 Å². The van der Waals surface area contributed by atoms with Crippen LogP contribution in [0.15, 0.2) is 117 Å². The van der Waals surface area contributed by atoms with E-state index in [4.69, 9.17) is 28.2 Å². The van der Waals surface area contributed by atoms with Crippen LogP contribution < -0.4 is 27.2 Å². The molecule has 0 bridgehead atoms. The minimum absolute atomic E-state index is 0.00839. The Balaban J connectivity index is 1.18. The molecule has 2 aliphatic heterocycles. The molecule has 3 N–H and O–H groups in total. The van der Waals surface area contributed by atoms with Gasteiger partial charge in [0.05, 0.1) is 26.4 Å². The quantitative estimate of drug-likeness (QED) is 0.0753. The number of methoxy groups -OCH3 is 1. The number of carbonyl (C=O) groups excluding carboxylic acids is 1. The number of aryl methyl sites for hydroxylation is 2. The third-order valence-corrected chi connectivity index (χ3v) is 14.0. The summed E-state index contributed by atoms with van der Waals surface area (Å²) in [7, 11) is 1.57. The minimum atomic E-state index is -4.62. The number of hydrogen-bond acceptors (Lipinski definition) is 13. The lowest BCUT2D eigenvalue weighted by molar-refractivity contribution is -0.150. The average molecular weight is 877 g/mol. The van der Waals surface area contributed by atoms with Crippen molar-refractivity contribution in [1.82, 2.24) is 19.1 Å². The Kier molecular flexibility index (Phi) is 13.2. The second-order valence-electron chi connectivity index (χ2n) is 14.7. The summed E-state index contributed by atoms with van der Waals surface area (Å²) in [4.78, 5) is 78.0. The fraction of sp³-hybridized carbons (Fsp3) is 0.357. The van der Waals surface area contributed by atoms with Crippen molar-refractivity contribution in [3.8, 4) is 5.75 Å². The van der Waals surface area contributed by atoms with Gasteiger partial charge >= 0.3 is 24.1 Å². The largest absolute Gasteiger partial charge is 0.497 e. The maximum absolute atomic E-state index is 14.0. The van der Waals surface area contributed by atoms with E-state index in [0.717, 1.165) is 21.3 Å². The highest BCUT2D eigenvalue weighted by molar-refractivity contribution is 8.55. The molecule has 2 saturated heterocycles. The first-order valence-corrected chi connectivity index (χ1v) is 22.4. The highest BCUT2D eigenvalue weighted by atomic mass is 32.7. The van der Waals surface area contributed by atoms with E-state index in [9.17, 15) is 33.4 Å². The molecule has 1 unspecified atom stereocenters. The Bertz CT molecular complexity index is 2600.